The molecule has 0 radical (unpaired) electrons. The first-order valence-corrected chi connectivity index (χ1v) is 6.06. The topological polar surface area (TPSA) is 3.24 Å². The second kappa shape index (κ2) is 4.98. The van der Waals surface area contributed by atoms with E-state index in [1.807, 2.05) is 0 Å². The molecule has 1 rings (SSSR count). The van der Waals surface area contributed by atoms with Gasteiger partial charge in [0, 0.05) is 0 Å². The van der Waals surface area contributed by atoms with E-state index in [1.165, 1.54) is 25.9 Å². The summed E-state index contributed by atoms with van der Waals surface area (Å²) in [5.74, 6) is -9.55. The van der Waals surface area contributed by atoms with Crippen LogP contribution in [0.1, 0.15) is 33.3 Å². The predicted octanol–water partition coefficient (Wildman–Crippen LogP) is 4.21. The minimum atomic E-state index is -2.14. The van der Waals surface area contributed by atoms with E-state index in [-0.39, 0.29) is 0 Å². The number of halogens is 5. The van der Waals surface area contributed by atoms with Crippen LogP contribution in [0.15, 0.2) is 0 Å². The third-order valence-electron chi connectivity index (χ3n) is 4.05. The average Bonchev–Trinajstić information content (AvgIpc) is 2.32. The molecular weight excluding hydrogens is 277 g/mol. The maximum Gasteiger partial charge on any atom is 0.200 e. The molecule has 1 nitrogen and oxygen atoms in total. The first-order valence-electron chi connectivity index (χ1n) is 6.06. The summed E-state index contributed by atoms with van der Waals surface area (Å²) >= 11 is 0. The Morgan fingerprint density at radius 1 is 0.650 bits per heavy atom. The molecule has 1 aromatic rings. The van der Waals surface area contributed by atoms with E-state index < -0.39 is 45.6 Å². The lowest BCUT2D eigenvalue weighted by atomic mass is 9.69. The molecule has 0 aliphatic rings. The van der Waals surface area contributed by atoms with Crippen LogP contribution in [0.3, 0.4) is 0 Å². The zero-order valence-electron chi connectivity index (χ0n) is 12.3. The van der Waals surface area contributed by atoms with Crippen LogP contribution in [0.4, 0.5) is 22.0 Å². The first-order chi connectivity index (χ1) is 8.87. The van der Waals surface area contributed by atoms with Gasteiger partial charge in [-0.15, -0.1) is 0 Å². The summed E-state index contributed by atoms with van der Waals surface area (Å²) in [5.41, 5.74) is -2.96. The summed E-state index contributed by atoms with van der Waals surface area (Å²) in [7, 11) is 3.06. The molecule has 0 heterocycles. The van der Waals surface area contributed by atoms with Gasteiger partial charge in [-0.3, -0.25) is 4.90 Å². The molecule has 0 aliphatic heterocycles. The number of hydrogen-bond donors (Lipinski definition) is 0. The summed E-state index contributed by atoms with van der Waals surface area (Å²) < 4.78 is 68.0. The maximum absolute atomic E-state index is 14.0. The van der Waals surface area contributed by atoms with Gasteiger partial charge in [-0.1, -0.05) is 20.8 Å². The van der Waals surface area contributed by atoms with E-state index in [0.717, 1.165) is 0 Å². The van der Waals surface area contributed by atoms with Crippen molar-refractivity contribution in [3.8, 4) is 0 Å². The van der Waals surface area contributed by atoms with Crippen LogP contribution in [0.5, 0.6) is 0 Å². The summed E-state index contributed by atoms with van der Waals surface area (Å²) in [6.07, 6.45) is 0. The van der Waals surface area contributed by atoms with E-state index in [4.69, 9.17) is 0 Å². The molecule has 114 valence electrons. The van der Waals surface area contributed by atoms with Crippen LogP contribution >= 0.6 is 0 Å². The highest BCUT2D eigenvalue weighted by molar-refractivity contribution is 5.32. The molecule has 0 N–H and O–H groups in total. The zero-order chi connectivity index (χ0) is 16.0. The monoisotopic (exact) mass is 295 g/mol. The van der Waals surface area contributed by atoms with Crippen molar-refractivity contribution in [2.45, 2.75) is 33.2 Å². The van der Waals surface area contributed by atoms with Gasteiger partial charge in [-0.05, 0) is 26.4 Å². The number of benzene rings is 1. The standard InChI is InChI=1S/C14H18F5N/c1-13(2,3)14(4,20(5)6)7-8(15)10(17)12(19)11(18)9(7)16/h1-6H3. The molecule has 0 bridgehead atoms. The average molecular weight is 295 g/mol. The van der Waals surface area contributed by atoms with Gasteiger partial charge >= 0.3 is 0 Å². The van der Waals surface area contributed by atoms with Gasteiger partial charge in [0.15, 0.2) is 23.3 Å². The minimum absolute atomic E-state index is 0.769. The summed E-state index contributed by atoms with van der Waals surface area (Å²) in [6, 6.07) is 0. The highest BCUT2D eigenvalue weighted by atomic mass is 19.2. The van der Waals surface area contributed by atoms with E-state index in [2.05, 4.69) is 0 Å². The van der Waals surface area contributed by atoms with Crippen molar-refractivity contribution in [1.82, 2.24) is 4.90 Å². The van der Waals surface area contributed by atoms with Gasteiger partial charge in [-0.2, -0.15) is 0 Å². The molecule has 1 aromatic carbocycles. The molecule has 0 amide bonds. The Hall–Kier alpha value is -1.17. The SMILES string of the molecule is CN(C)C(C)(c1c(F)c(F)c(F)c(F)c1F)C(C)(C)C. The Kier molecular flexibility index (Phi) is 4.21. The molecule has 0 saturated heterocycles. The van der Waals surface area contributed by atoms with E-state index in [0.29, 0.717) is 0 Å². The normalized spacial score (nSPS) is 15.6. The van der Waals surface area contributed by atoms with Gasteiger partial charge in [0.25, 0.3) is 0 Å². The summed E-state index contributed by atoms with van der Waals surface area (Å²) in [6.45, 7) is 6.46. The fourth-order valence-electron chi connectivity index (χ4n) is 2.30. The van der Waals surface area contributed by atoms with Crippen molar-refractivity contribution in [1.29, 1.82) is 0 Å². The lowest BCUT2D eigenvalue weighted by molar-refractivity contribution is 0.0345. The van der Waals surface area contributed by atoms with Crippen molar-refractivity contribution in [2.24, 2.45) is 5.41 Å². The van der Waals surface area contributed by atoms with Crippen LogP contribution < -0.4 is 0 Å². The van der Waals surface area contributed by atoms with Crippen molar-refractivity contribution < 1.29 is 22.0 Å². The van der Waals surface area contributed by atoms with Gasteiger partial charge in [-0.25, -0.2) is 22.0 Å². The van der Waals surface area contributed by atoms with Crippen molar-refractivity contribution in [3.63, 3.8) is 0 Å². The second-order valence-corrected chi connectivity index (χ2v) is 6.16. The van der Waals surface area contributed by atoms with Crippen LogP contribution in [0.25, 0.3) is 0 Å². The Morgan fingerprint density at radius 2 is 0.950 bits per heavy atom. The smallest absolute Gasteiger partial charge is 0.200 e. The van der Waals surface area contributed by atoms with Gasteiger partial charge in [0.1, 0.15) is 0 Å². The Balaban J connectivity index is 3.86. The van der Waals surface area contributed by atoms with Crippen LogP contribution in [-0.2, 0) is 5.54 Å². The summed E-state index contributed by atoms with van der Waals surface area (Å²) in [5, 5.41) is 0. The molecule has 1 atom stereocenters. The molecule has 0 aliphatic carbocycles. The van der Waals surface area contributed by atoms with Crippen LogP contribution in [0, 0.1) is 34.5 Å². The number of nitrogens with zero attached hydrogens (tertiary/aromatic N) is 1. The number of rotatable bonds is 2. The van der Waals surface area contributed by atoms with Gasteiger partial charge < -0.3 is 0 Å². The largest absolute Gasteiger partial charge is 0.299 e. The molecule has 6 heteroatoms. The molecule has 1 unspecified atom stereocenters. The Labute approximate surface area is 115 Å². The Bertz CT molecular complexity index is 504. The molecular formula is C14H18F5N. The lowest BCUT2D eigenvalue weighted by Gasteiger charge is -2.47. The Morgan fingerprint density at radius 3 is 1.20 bits per heavy atom. The number of hydrogen-bond acceptors (Lipinski definition) is 1. The predicted molar refractivity (Wildman–Crippen MR) is 66.7 cm³/mol. The molecule has 0 aromatic heterocycles. The first kappa shape index (κ1) is 16.9. The fraction of sp³-hybridized carbons (Fsp3) is 0.571. The molecule has 20 heavy (non-hydrogen) atoms. The molecule has 0 saturated carbocycles. The second-order valence-electron chi connectivity index (χ2n) is 6.16. The highest BCUT2D eigenvalue weighted by Crippen LogP contribution is 2.45. The molecule has 0 spiro atoms. The van der Waals surface area contributed by atoms with Crippen molar-refractivity contribution >= 4 is 0 Å². The zero-order valence-corrected chi connectivity index (χ0v) is 12.3. The quantitative estimate of drug-likeness (QED) is 0.449. The van der Waals surface area contributed by atoms with Crippen LogP contribution in [-0.4, -0.2) is 19.0 Å². The third kappa shape index (κ3) is 2.20. The van der Waals surface area contributed by atoms with Gasteiger partial charge in [0.05, 0.1) is 11.1 Å². The third-order valence-corrected chi connectivity index (χ3v) is 4.05. The van der Waals surface area contributed by atoms with E-state index >= 15 is 0 Å². The minimum Gasteiger partial charge on any atom is -0.299 e. The van der Waals surface area contributed by atoms with E-state index in [1.54, 1.807) is 20.8 Å². The van der Waals surface area contributed by atoms with Crippen molar-refractivity contribution in [3.05, 3.63) is 34.6 Å². The fourth-order valence-corrected chi connectivity index (χ4v) is 2.30. The van der Waals surface area contributed by atoms with Gasteiger partial charge in [0.2, 0.25) is 5.82 Å². The highest BCUT2D eigenvalue weighted by Gasteiger charge is 2.47. The maximum atomic E-state index is 14.0. The van der Waals surface area contributed by atoms with Crippen molar-refractivity contribution in [2.75, 3.05) is 14.1 Å². The van der Waals surface area contributed by atoms with E-state index in [9.17, 15) is 22.0 Å². The van der Waals surface area contributed by atoms with Crippen LogP contribution in [0.2, 0.25) is 0 Å². The molecule has 0 fully saturated rings. The lowest BCUT2D eigenvalue weighted by Crippen LogP contribution is -2.50. The summed E-state index contributed by atoms with van der Waals surface area (Å²) in [4.78, 5) is 1.45.